The van der Waals surface area contributed by atoms with Crippen molar-refractivity contribution in [3.63, 3.8) is 0 Å². The number of rotatable bonds is 3. The van der Waals surface area contributed by atoms with Crippen LogP contribution in [0.4, 0.5) is 10.5 Å². The lowest BCUT2D eigenvalue weighted by atomic mass is 10.1. The Morgan fingerprint density at radius 3 is 2.48 bits per heavy atom. The Kier molecular flexibility index (Phi) is 4.80. The number of fused-ring (bicyclic) bond motifs is 1. The summed E-state index contributed by atoms with van der Waals surface area (Å²) in [6.45, 7) is 1.70. The lowest BCUT2D eigenvalue weighted by molar-refractivity contribution is -0.120. The highest BCUT2D eigenvalue weighted by Gasteiger charge is 2.14. The monoisotopic (exact) mass is 349 g/mol. The molecule has 3 N–H and O–H groups in total. The number of imide groups is 1. The second-order valence-corrected chi connectivity index (χ2v) is 5.56. The Balaban J connectivity index is 2.10. The molecule has 0 aliphatic carbocycles. The number of amides is 3. The zero-order valence-corrected chi connectivity index (χ0v) is 13.3. The molecule has 21 heavy (non-hydrogen) atoms. The molecule has 0 spiro atoms. The number of halogens is 1. The van der Waals surface area contributed by atoms with E-state index in [0.29, 0.717) is 0 Å². The van der Waals surface area contributed by atoms with Gasteiger partial charge in [-0.3, -0.25) is 10.1 Å². The van der Waals surface area contributed by atoms with E-state index in [0.717, 1.165) is 20.9 Å². The molecule has 110 valence electrons. The van der Waals surface area contributed by atoms with E-state index < -0.39 is 12.1 Å². The molecule has 0 radical (unpaired) electrons. The second kappa shape index (κ2) is 6.58. The maximum atomic E-state index is 11.8. The largest absolute Gasteiger partial charge is 0.374 e. The van der Waals surface area contributed by atoms with Gasteiger partial charge in [0.1, 0.15) is 6.04 Å². The molecular weight excluding hydrogens is 334 g/mol. The molecule has 3 amide bonds. The van der Waals surface area contributed by atoms with Crippen molar-refractivity contribution < 1.29 is 9.59 Å². The van der Waals surface area contributed by atoms with Gasteiger partial charge < -0.3 is 10.6 Å². The van der Waals surface area contributed by atoms with Crippen molar-refractivity contribution in [2.75, 3.05) is 12.4 Å². The Morgan fingerprint density at radius 2 is 1.76 bits per heavy atom. The van der Waals surface area contributed by atoms with Crippen molar-refractivity contribution >= 4 is 44.3 Å². The maximum absolute atomic E-state index is 11.8. The van der Waals surface area contributed by atoms with Crippen LogP contribution in [0.2, 0.25) is 0 Å². The maximum Gasteiger partial charge on any atom is 0.321 e. The molecule has 1 atom stereocenters. The van der Waals surface area contributed by atoms with E-state index in [2.05, 4.69) is 31.9 Å². The van der Waals surface area contributed by atoms with Crippen LogP contribution in [0.3, 0.4) is 0 Å². The van der Waals surface area contributed by atoms with Crippen LogP contribution in [0.5, 0.6) is 0 Å². The molecule has 0 fully saturated rings. The third kappa shape index (κ3) is 3.95. The van der Waals surface area contributed by atoms with Crippen molar-refractivity contribution in [1.29, 1.82) is 0 Å². The van der Waals surface area contributed by atoms with Crippen LogP contribution in [-0.4, -0.2) is 25.0 Å². The normalized spacial score (nSPS) is 11.8. The first kappa shape index (κ1) is 15.3. The van der Waals surface area contributed by atoms with Crippen LogP contribution in [0.1, 0.15) is 6.92 Å². The van der Waals surface area contributed by atoms with E-state index in [9.17, 15) is 9.59 Å². The van der Waals surface area contributed by atoms with Gasteiger partial charge in [-0.25, -0.2) is 4.79 Å². The minimum atomic E-state index is -0.518. The van der Waals surface area contributed by atoms with Gasteiger partial charge in [0.2, 0.25) is 5.91 Å². The fourth-order valence-electron chi connectivity index (χ4n) is 1.90. The molecule has 0 aliphatic rings. The van der Waals surface area contributed by atoms with Crippen LogP contribution in [0, 0.1) is 0 Å². The molecule has 0 heterocycles. The molecule has 5 nitrogen and oxygen atoms in total. The van der Waals surface area contributed by atoms with Gasteiger partial charge in [0.15, 0.2) is 0 Å². The van der Waals surface area contributed by atoms with Gasteiger partial charge in [0, 0.05) is 17.2 Å². The smallest absolute Gasteiger partial charge is 0.321 e. The zero-order chi connectivity index (χ0) is 15.4. The number of hydrogen-bond donors (Lipinski definition) is 3. The fraction of sp³-hybridized carbons (Fsp3) is 0.200. The van der Waals surface area contributed by atoms with Gasteiger partial charge in [-0.05, 0) is 42.0 Å². The predicted octanol–water partition coefficient (Wildman–Crippen LogP) is 2.86. The average molecular weight is 350 g/mol. The number of anilines is 1. The molecule has 0 bridgehead atoms. The predicted molar refractivity (Wildman–Crippen MR) is 87.3 cm³/mol. The summed E-state index contributed by atoms with van der Waals surface area (Å²) in [5.41, 5.74) is 0.823. The van der Waals surface area contributed by atoms with Crippen molar-refractivity contribution in [3.8, 4) is 0 Å². The van der Waals surface area contributed by atoms with Crippen LogP contribution >= 0.6 is 15.9 Å². The van der Waals surface area contributed by atoms with Crippen molar-refractivity contribution in [2.24, 2.45) is 0 Å². The second-order valence-electron chi connectivity index (χ2n) is 4.64. The van der Waals surface area contributed by atoms with Crippen LogP contribution < -0.4 is 16.0 Å². The number of carbonyl (C=O) groups is 2. The summed E-state index contributed by atoms with van der Waals surface area (Å²) >= 11 is 3.43. The summed E-state index contributed by atoms with van der Waals surface area (Å²) in [5, 5.41) is 9.83. The van der Waals surface area contributed by atoms with Gasteiger partial charge in [0.05, 0.1) is 0 Å². The van der Waals surface area contributed by atoms with Crippen LogP contribution in [0.15, 0.2) is 40.9 Å². The van der Waals surface area contributed by atoms with E-state index in [4.69, 9.17) is 0 Å². The Morgan fingerprint density at radius 1 is 1.10 bits per heavy atom. The van der Waals surface area contributed by atoms with Gasteiger partial charge in [0.25, 0.3) is 0 Å². The van der Waals surface area contributed by atoms with Crippen molar-refractivity contribution in [2.45, 2.75) is 13.0 Å². The first-order valence-electron chi connectivity index (χ1n) is 6.48. The van der Waals surface area contributed by atoms with Gasteiger partial charge in [-0.1, -0.05) is 28.1 Å². The molecule has 2 aromatic carbocycles. The topological polar surface area (TPSA) is 70.2 Å². The molecule has 2 rings (SSSR count). The van der Waals surface area contributed by atoms with Crippen molar-refractivity contribution in [1.82, 2.24) is 10.6 Å². The standard InChI is InChI=1S/C15H16BrN3O2/c1-9(14(20)19-15(21)17-2)18-13-6-4-10-7-12(16)5-3-11(10)8-13/h3-9,18H,1-2H3,(H2,17,19,20,21). The molecule has 0 saturated heterocycles. The quantitative estimate of drug-likeness (QED) is 0.797. The molecule has 0 saturated carbocycles. The summed E-state index contributed by atoms with van der Waals surface area (Å²) in [6.07, 6.45) is 0. The van der Waals surface area contributed by atoms with Gasteiger partial charge in [-0.15, -0.1) is 0 Å². The van der Waals surface area contributed by atoms with E-state index in [-0.39, 0.29) is 5.91 Å². The zero-order valence-electron chi connectivity index (χ0n) is 11.7. The molecule has 2 aromatic rings. The van der Waals surface area contributed by atoms with E-state index in [1.807, 2.05) is 36.4 Å². The molecule has 6 heteroatoms. The van der Waals surface area contributed by atoms with E-state index in [1.54, 1.807) is 6.92 Å². The fourth-order valence-corrected chi connectivity index (χ4v) is 2.28. The van der Waals surface area contributed by atoms with Crippen molar-refractivity contribution in [3.05, 3.63) is 40.9 Å². The first-order valence-corrected chi connectivity index (χ1v) is 7.27. The molecular formula is C15H16BrN3O2. The highest BCUT2D eigenvalue weighted by atomic mass is 79.9. The molecule has 0 aliphatic heterocycles. The number of hydrogen-bond acceptors (Lipinski definition) is 3. The highest BCUT2D eigenvalue weighted by Crippen LogP contribution is 2.23. The van der Waals surface area contributed by atoms with E-state index >= 15 is 0 Å². The van der Waals surface area contributed by atoms with Gasteiger partial charge in [-0.2, -0.15) is 0 Å². The third-order valence-corrected chi connectivity index (χ3v) is 3.54. The third-order valence-electron chi connectivity index (χ3n) is 3.04. The number of benzene rings is 2. The minimum absolute atomic E-state index is 0.384. The molecule has 1 unspecified atom stereocenters. The summed E-state index contributed by atoms with van der Waals surface area (Å²) in [5.74, 6) is -0.384. The summed E-state index contributed by atoms with van der Waals surface area (Å²) < 4.78 is 1.02. The minimum Gasteiger partial charge on any atom is -0.374 e. The van der Waals surface area contributed by atoms with Crippen LogP contribution in [0.25, 0.3) is 10.8 Å². The molecule has 0 aromatic heterocycles. The number of carbonyl (C=O) groups excluding carboxylic acids is 2. The number of urea groups is 1. The van der Waals surface area contributed by atoms with Gasteiger partial charge >= 0.3 is 6.03 Å². The lowest BCUT2D eigenvalue weighted by Crippen LogP contribution is -2.44. The number of nitrogens with one attached hydrogen (secondary N) is 3. The summed E-state index contributed by atoms with van der Waals surface area (Å²) in [6, 6.07) is 10.8. The Hall–Kier alpha value is -2.08. The average Bonchev–Trinajstić information content (AvgIpc) is 2.47. The summed E-state index contributed by atoms with van der Waals surface area (Å²) in [7, 11) is 1.46. The SMILES string of the molecule is CNC(=O)NC(=O)C(C)Nc1ccc2cc(Br)ccc2c1. The Bertz CT molecular complexity index is 688. The lowest BCUT2D eigenvalue weighted by Gasteiger charge is -2.15. The first-order chi connectivity index (χ1) is 9.99. The summed E-state index contributed by atoms with van der Waals surface area (Å²) in [4.78, 5) is 22.9. The highest BCUT2D eigenvalue weighted by molar-refractivity contribution is 9.10. The Labute approximate surface area is 131 Å². The van der Waals surface area contributed by atoms with E-state index in [1.165, 1.54) is 7.05 Å². The van der Waals surface area contributed by atoms with Crippen LogP contribution in [-0.2, 0) is 4.79 Å².